The first-order chi connectivity index (χ1) is 5.85. The molecular formula is C10H16N2. The van der Waals surface area contributed by atoms with Gasteiger partial charge < -0.3 is 10.3 Å². The van der Waals surface area contributed by atoms with Gasteiger partial charge in [-0.1, -0.05) is 0 Å². The summed E-state index contributed by atoms with van der Waals surface area (Å²) in [6, 6.07) is 4.25. The van der Waals surface area contributed by atoms with E-state index in [0.29, 0.717) is 5.41 Å². The maximum atomic E-state index is 3.27. The third kappa shape index (κ3) is 1.53. The number of hydrogen-bond acceptors (Lipinski definition) is 1. The molecule has 1 heterocycles. The second-order valence-corrected chi connectivity index (χ2v) is 3.90. The van der Waals surface area contributed by atoms with Crippen LogP contribution in [0.4, 0.5) is 0 Å². The molecule has 1 aromatic heterocycles. The minimum Gasteiger partial charge on any atom is -0.365 e. The molecule has 0 aromatic carbocycles. The zero-order chi connectivity index (χ0) is 8.44. The summed E-state index contributed by atoms with van der Waals surface area (Å²) in [6.07, 6.45) is 5.98. The summed E-state index contributed by atoms with van der Waals surface area (Å²) in [5.41, 5.74) is 1.96. The Morgan fingerprint density at radius 2 is 2.42 bits per heavy atom. The average molecular weight is 164 g/mol. The van der Waals surface area contributed by atoms with Gasteiger partial charge in [0.2, 0.25) is 0 Å². The Bertz CT molecular complexity index is 234. The van der Waals surface area contributed by atoms with Gasteiger partial charge in [0, 0.05) is 18.4 Å². The van der Waals surface area contributed by atoms with Crippen LogP contribution < -0.4 is 5.32 Å². The van der Waals surface area contributed by atoms with Crippen LogP contribution in [0, 0.1) is 5.41 Å². The predicted octanol–water partition coefficient (Wildman–Crippen LogP) is 1.56. The topological polar surface area (TPSA) is 27.8 Å². The molecule has 0 saturated heterocycles. The molecule has 2 N–H and O–H groups in total. The molecule has 0 spiro atoms. The second kappa shape index (κ2) is 2.94. The first kappa shape index (κ1) is 7.87. The largest absolute Gasteiger partial charge is 0.365 e. The van der Waals surface area contributed by atoms with Crippen molar-refractivity contribution in [1.82, 2.24) is 10.3 Å². The van der Waals surface area contributed by atoms with Gasteiger partial charge in [0.15, 0.2) is 0 Å². The van der Waals surface area contributed by atoms with Crippen molar-refractivity contribution in [1.29, 1.82) is 0 Å². The van der Waals surface area contributed by atoms with Gasteiger partial charge in [0.1, 0.15) is 0 Å². The van der Waals surface area contributed by atoms with Crippen LogP contribution in [0.2, 0.25) is 0 Å². The normalized spacial score (nSPS) is 19.4. The molecule has 0 amide bonds. The molecule has 0 atom stereocenters. The van der Waals surface area contributed by atoms with Crippen molar-refractivity contribution in [3.8, 4) is 0 Å². The summed E-state index contributed by atoms with van der Waals surface area (Å²) in [7, 11) is 2.04. The van der Waals surface area contributed by atoms with Crippen molar-refractivity contribution >= 4 is 0 Å². The maximum Gasteiger partial charge on any atom is 0.0153 e. The maximum absolute atomic E-state index is 3.27. The molecule has 0 aliphatic heterocycles. The molecule has 2 nitrogen and oxygen atoms in total. The number of nitrogens with one attached hydrogen (secondary N) is 2. The summed E-state index contributed by atoms with van der Waals surface area (Å²) in [5.74, 6) is 0. The van der Waals surface area contributed by atoms with Crippen molar-refractivity contribution in [2.24, 2.45) is 5.41 Å². The van der Waals surface area contributed by atoms with Crippen molar-refractivity contribution < 1.29 is 0 Å². The molecule has 1 fully saturated rings. The Kier molecular flexibility index (Phi) is 1.93. The lowest BCUT2D eigenvalue weighted by Crippen LogP contribution is -2.21. The highest BCUT2D eigenvalue weighted by atomic mass is 14.9. The number of hydrogen-bond donors (Lipinski definition) is 2. The van der Waals surface area contributed by atoms with E-state index in [1.807, 2.05) is 13.2 Å². The fourth-order valence-electron chi connectivity index (χ4n) is 1.85. The lowest BCUT2D eigenvalue weighted by atomic mass is 10.0. The standard InChI is InChI=1S/C10H16N2/c1-11-8-10(4-5-10)7-9-3-2-6-12-9/h2-3,6,11-12H,4-5,7-8H2,1H3. The second-order valence-electron chi connectivity index (χ2n) is 3.90. The quantitative estimate of drug-likeness (QED) is 0.694. The van der Waals surface area contributed by atoms with Crippen LogP contribution in [0.1, 0.15) is 18.5 Å². The molecule has 2 heteroatoms. The number of aromatic nitrogens is 1. The highest BCUT2D eigenvalue weighted by Crippen LogP contribution is 2.47. The first-order valence-electron chi connectivity index (χ1n) is 4.62. The van der Waals surface area contributed by atoms with Crippen molar-refractivity contribution in [2.75, 3.05) is 13.6 Å². The number of aromatic amines is 1. The third-order valence-corrected chi connectivity index (χ3v) is 2.74. The fourth-order valence-corrected chi connectivity index (χ4v) is 1.85. The monoisotopic (exact) mass is 164 g/mol. The van der Waals surface area contributed by atoms with E-state index in [2.05, 4.69) is 22.4 Å². The molecule has 0 radical (unpaired) electrons. The number of H-pyrrole nitrogens is 1. The SMILES string of the molecule is CNCC1(Cc2ccc[nH]2)CC1. The van der Waals surface area contributed by atoms with Crippen LogP contribution in [0.5, 0.6) is 0 Å². The lowest BCUT2D eigenvalue weighted by molar-refractivity contribution is 0.474. The van der Waals surface area contributed by atoms with Crippen LogP contribution in [0.3, 0.4) is 0 Å². The number of rotatable bonds is 4. The molecule has 1 aliphatic rings. The smallest absolute Gasteiger partial charge is 0.0153 e. The highest BCUT2D eigenvalue weighted by Gasteiger charge is 2.41. The van der Waals surface area contributed by atoms with E-state index in [1.54, 1.807) is 0 Å². The Balaban J connectivity index is 1.94. The van der Waals surface area contributed by atoms with E-state index in [4.69, 9.17) is 0 Å². The molecular weight excluding hydrogens is 148 g/mol. The Morgan fingerprint density at radius 3 is 2.92 bits per heavy atom. The average Bonchev–Trinajstić information content (AvgIpc) is 2.63. The van der Waals surface area contributed by atoms with Gasteiger partial charge in [0.05, 0.1) is 0 Å². The third-order valence-electron chi connectivity index (χ3n) is 2.74. The fraction of sp³-hybridized carbons (Fsp3) is 0.600. The molecule has 1 aromatic rings. The molecule has 0 unspecified atom stereocenters. The molecule has 66 valence electrons. The van der Waals surface area contributed by atoms with Gasteiger partial charge >= 0.3 is 0 Å². The molecule has 2 rings (SSSR count). The van der Waals surface area contributed by atoms with Crippen LogP contribution >= 0.6 is 0 Å². The van der Waals surface area contributed by atoms with E-state index in [-0.39, 0.29) is 0 Å². The zero-order valence-electron chi connectivity index (χ0n) is 7.56. The van der Waals surface area contributed by atoms with Gasteiger partial charge in [-0.25, -0.2) is 0 Å². The van der Waals surface area contributed by atoms with Crippen LogP contribution in [0.25, 0.3) is 0 Å². The van der Waals surface area contributed by atoms with Gasteiger partial charge in [-0.2, -0.15) is 0 Å². The van der Waals surface area contributed by atoms with E-state index >= 15 is 0 Å². The van der Waals surface area contributed by atoms with E-state index in [0.717, 1.165) is 6.54 Å². The molecule has 1 aliphatic carbocycles. The molecule has 0 bridgehead atoms. The van der Waals surface area contributed by atoms with Crippen LogP contribution in [-0.4, -0.2) is 18.6 Å². The summed E-state index contributed by atoms with van der Waals surface area (Å²) in [5, 5.41) is 3.27. The first-order valence-corrected chi connectivity index (χ1v) is 4.62. The highest BCUT2D eigenvalue weighted by molar-refractivity contribution is 5.10. The minimum absolute atomic E-state index is 0.583. The summed E-state index contributed by atoms with van der Waals surface area (Å²) < 4.78 is 0. The van der Waals surface area contributed by atoms with Gasteiger partial charge in [-0.05, 0) is 43.9 Å². The van der Waals surface area contributed by atoms with Gasteiger partial charge in [0.25, 0.3) is 0 Å². The minimum atomic E-state index is 0.583. The van der Waals surface area contributed by atoms with E-state index in [9.17, 15) is 0 Å². The van der Waals surface area contributed by atoms with Crippen molar-refractivity contribution in [3.05, 3.63) is 24.0 Å². The Labute approximate surface area is 73.4 Å². The van der Waals surface area contributed by atoms with Crippen molar-refractivity contribution in [2.45, 2.75) is 19.3 Å². The lowest BCUT2D eigenvalue weighted by Gasteiger charge is -2.12. The zero-order valence-corrected chi connectivity index (χ0v) is 7.56. The Hall–Kier alpha value is -0.760. The molecule has 12 heavy (non-hydrogen) atoms. The molecule has 1 saturated carbocycles. The van der Waals surface area contributed by atoms with Gasteiger partial charge in [-0.3, -0.25) is 0 Å². The van der Waals surface area contributed by atoms with Gasteiger partial charge in [-0.15, -0.1) is 0 Å². The van der Waals surface area contributed by atoms with Crippen LogP contribution in [0.15, 0.2) is 18.3 Å². The predicted molar refractivity (Wildman–Crippen MR) is 50.1 cm³/mol. The summed E-state index contributed by atoms with van der Waals surface area (Å²) in [4.78, 5) is 3.26. The van der Waals surface area contributed by atoms with E-state index < -0.39 is 0 Å². The summed E-state index contributed by atoms with van der Waals surface area (Å²) in [6.45, 7) is 1.16. The van der Waals surface area contributed by atoms with Crippen LogP contribution in [-0.2, 0) is 6.42 Å². The Morgan fingerprint density at radius 1 is 1.58 bits per heavy atom. The van der Waals surface area contributed by atoms with E-state index in [1.165, 1.54) is 25.0 Å². The summed E-state index contributed by atoms with van der Waals surface area (Å²) >= 11 is 0. The van der Waals surface area contributed by atoms with Crippen molar-refractivity contribution in [3.63, 3.8) is 0 Å².